The van der Waals surface area contributed by atoms with Crippen LogP contribution >= 0.6 is 0 Å². The smallest absolute Gasteiger partial charge is 0.273 e. The third-order valence-corrected chi connectivity index (χ3v) is 4.17. The van der Waals surface area contributed by atoms with E-state index in [1.165, 1.54) is 12.8 Å². The van der Waals surface area contributed by atoms with Crippen LogP contribution in [0.5, 0.6) is 0 Å². The molecule has 1 fully saturated rings. The van der Waals surface area contributed by atoms with Crippen LogP contribution < -0.4 is 0 Å². The van der Waals surface area contributed by atoms with Crippen molar-refractivity contribution in [1.29, 1.82) is 0 Å². The first-order valence-electron chi connectivity index (χ1n) is 7.45. The Labute approximate surface area is 126 Å². The second-order valence-corrected chi connectivity index (χ2v) is 5.69. The Kier molecular flexibility index (Phi) is 5.35. The van der Waals surface area contributed by atoms with E-state index in [4.69, 9.17) is 5.11 Å². The summed E-state index contributed by atoms with van der Waals surface area (Å²) in [6, 6.07) is 3.80. The molecule has 1 aromatic rings. The summed E-state index contributed by atoms with van der Waals surface area (Å²) in [7, 11) is 1.85. The van der Waals surface area contributed by atoms with Crippen molar-refractivity contribution in [1.82, 2.24) is 9.88 Å². The molecule has 1 saturated carbocycles. The van der Waals surface area contributed by atoms with Gasteiger partial charge in [0.05, 0.1) is 5.56 Å². The lowest BCUT2D eigenvalue weighted by Crippen LogP contribution is -2.39. The van der Waals surface area contributed by atoms with E-state index < -0.39 is 0 Å². The van der Waals surface area contributed by atoms with Crippen molar-refractivity contribution in [2.45, 2.75) is 38.6 Å². The highest BCUT2D eigenvalue weighted by Gasteiger charge is 2.26. The molecule has 4 heteroatoms. The molecule has 1 aliphatic rings. The number of aromatic nitrogens is 1. The number of aliphatic hydroxyl groups excluding tert-OH is 1. The summed E-state index contributed by atoms with van der Waals surface area (Å²) in [5, 5.41) is 8.81. The van der Waals surface area contributed by atoms with Crippen LogP contribution in [0.2, 0.25) is 0 Å². The van der Waals surface area contributed by atoms with Crippen LogP contribution in [0, 0.1) is 17.8 Å². The molecule has 1 N–H and O–H groups in total. The summed E-state index contributed by atoms with van der Waals surface area (Å²) in [5.74, 6) is 6.05. The second kappa shape index (κ2) is 7.24. The molecule has 1 amide bonds. The van der Waals surface area contributed by atoms with Gasteiger partial charge in [-0.2, -0.15) is 0 Å². The monoisotopic (exact) mass is 286 g/mol. The zero-order chi connectivity index (χ0) is 15.2. The van der Waals surface area contributed by atoms with Crippen LogP contribution in [-0.4, -0.2) is 40.6 Å². The van der Waals surface area contributed by atoms with E-state index in [9.17, 15) is 4.79 Å². The van der Waals surface area contributed by atoms with Gasteiger partial charge < -0.3 is 10.0 Å². The third-order valence-electron chi connectivity index (χ3n) is 4.17. The third kappa shape index (κ3) is 3.83. The summed E-state index contributed by atoms with van der Waals surface area (Å²) in [4.78, 5) is 18.6. The molecule has 112 valence electrons. The molecular weight excluding hydrogens is 264 g/mol. The molecule has 1 aliphatic carbocycles. The largest absolute Gasteiger partial charge is 0.384 e. The highest BCUT2D eigenvalue weighted by Crippen LogP contribution is 2.27. The SMILES string of the molecule is CC1CCC(N(C)C(=O)c2ncccc2C#CCO)CC1. The Balaban J connectivity index is 2.16. The molecule has 1 heterocycles. The van der Waals surface area contributed by atoms with Crippen molar-refractivity contribution in [3.05, 3.63) is 29.6 Å². The minimum absolute atomic E-state index is 0.0857. The minimum atomic E-state index is -0.223. The van der Waals surface area contributed by atoms with Gasteiger partial charge in [-0.05, 0) is 43.7 Å². The van der Waals surface area contributed by atoms with Crippen molar-refractivity contribution in [2.75, 3.05) is 13.7 Å². The summed E-state index contributed by atoms with van der Waals surface area (Å²) >= 11 is 0. The number of rotatable bonds is 2. The molecule has 1 aromatic heterocycles. The van der Waals surface area contributed by atoms with Crippen LogP contribution in [-0.2, 0) is 0 Å². The van der Waals surface area contributed by atoms with E-state index in [0.717, 1.165) is 18.8 Å². The molecule has 0 aromatic carbocycles. The summed E-state index contributed by atoms with van der Waals surface area (Å²) < 4.78 is 0. The number of amides is 1. The molecule has 21 heavy (non-hydrogen) atoms. The van der Waals surface area contributed by atoms with Gasteiger partial charge in [0.1, 0.15) is 12.3 Å². The Morgan fingerprint density at radius 3 is 2.81 bits per heavy atom. The van der Waals surface area contributed by atoms with Crippen LogP contribution in [0.4, 0.5) is 0 Å². The van der Waals surface area contributed by atoms with E-state index in [-0.39, 0.29) is 18.6 Å². The van der Waals surface area contributed by atoms with E-state index in [1.54, 1.807) is 23.2 Å². The first-order chi connectivity index (χ1) is 10.1. The highest BCUT2D eigenvalue weighted by atomic mass is 16.2. The molecule has 0 saturated heterocycles. The quantitative estimate of drug-likeness (QED) is 0.847. The molecule has 0 aliphatic heterocycles. The number of hydrogen-bond acceptors (Lipinski definition) is 3. The maximum Gasteiger partial charge on any atom is 0.273 e. The van der Waals surface area contributed by atoms with Crippen molar-refractivity contribution in [3.63, 3.8) is 0 Å². The zero-order valence-corrected chi connectivity index (χ0v) is 12.7. The molecule has 0 unspecified atom stereocenters. The van der Waals surface area contributed by atoms with Crippen molar-refractivity contribution in [3.8, 4) is 11.8 Å². The van der Waals surface area contributed by atoms with Gasteiger partial charge in [-0.1, -0.05) is 18.8 Å². The molecule has 2 rings (SSSR count). The van der Waals surface area contributed by atoms with Gasteiger partial charge in [0, 0.05) is 19.3 Å². The van der Waals surface area contributed by atoms with Gasteiger partial charge in [0.2, 0.25) is 0 Å². The molecule has 0 radical (unpaired) electrons. The zero-order valence-electron chi connectivity index (χ0n) is 12.7. The molecule has 4 nitrogen and oxygen atoms in total. The lowest BCUT2D eigenvalue weighted by molar-refractivity contribution is 0.0673. The highest BCUT2D eigenvalue weighted by molar-refractivity contribution is 5.94. The van der Waals surface area contributed by atoms with Gasteiger partial charge in [-0.3, -0.25) is 4.79 Å². The lowest BCUT2D eigenvalue weighted by atomic mass is 9.86. The maximum absolute atomic E-state index is 12.6. The fourth-order valence-electron chi connectivity index (χ4n) is 2.77. The molecule has 0 bridgehead atoms. The molecule has 0 atom stereocenters. The number of pyridine rings is 1. The van der Waals surface area contributed by atoms with Crippen LogP contribution in [0.15, 0.2) is 18.3 Å². The number of aliphatic hydroxyl groups is 1. The van der Waals surface area contributed by atoms with Gasteiger partial charge in [0.15, 0.2) is 0 Å². The average molecular weight is 286 g/mol. The predicted molar refractivity (Wildman–Crippen MR) is 81.7 cm³/mol. The van der Waals surface area contributed by atoms with Crippen molar-refractivity contribution < 1.29 is 9.90 Å². The van der Waals surface area contributed by atoms with Gasteiger partial charge in [-0.25, -0.2) is 4.98 Å². The van der Waals surface area contributed by atoms with Crippen molar-refractivity contribution in [2.24, 2.45) is 5.92 Å². The average Bonchev–Trinajstić information content (AvgIpc) is 2.52. The van der Waals surface area contributed by atoms with Gasteiger partial charge in [0.25, 0.3) is 5.91 Å². The van der Waals surface area contributed by atoms with Crippen molar-refractivity contribution >= 4 is 5.91 Å². The summed E-state index contributed by atoms with van der Waals surface area (Å²) in [6.07, 6.45) is 6.04. The number of carbonyl (C=O) groups is 1. The maximum atomic E-state index is 12.6. The number of carbonyl (C=O) groups excluding carboxylic acids is 1. The Bertz CT molecular complexity index is 551. The lowest BCUT2D eigenvalue weighted by Gasteiger charge is -2.33. The Morgan fingerprint density at radius 2 is 2.14 bits per heavy atom. The fourth-order valence-corrected chi connectivity index (χ4v) is 2.77. The van der Waals surface area contributed by atoms with E-state index >= 15 is 0 Å². The van der Waals surface area contributed by atoms with Crippen LogP contribution in [0.3, 0.4) is 0 Å². The Hall–Kier alpha value is -1.86. The second-order valence-electron chi connectivity index (χ2n) is 5.69. The van der Waals surface area contributed by atoms with Gasteiger partial charge in [-0.15, -0.1) is 0 Å². The molecule has 0 spiro atoms. The predicted octanol–water partition coefficient (Wildman–Crippen LogP) is 2.08. The molecular formula is C17H22N2O2. The fraction of sp³-hybridized carbons (Fsp3) is 0.529. The first kappa shape index (κ1) is 15.5. The normalized spacial score (nSPS) is 21.3. The van der Waals surface area contributed by atoms with E-state index in [0.29, 0.717) is 11.3 Å². The minimum Gasteiger partial charge on any atom is -0.384 e. The van der Waals surface area contributed by atoms with E-state index in [1.807, 2.05) is 7.05 Å². The van der Waals surface area contributed by atoms with Crippen LogP contribution in [0.1, 0.15) is 48.7 Å². The standard InChI is InChI=1S/C17H22N2O2/c1-13-7-9-15(10-8-13)19(2)17(21)16-14(6-4-12-20)5-3-11-18-16/h3,5,11,13,15,20H,7-10,12H2,1-2H3. The van der Waals surface area contributed by atoms with Crippen LogP contribution in [0.25, 0.3) is 0 Å². The van der Waals surface area contributed by atoms with E-state index in [2.05, 4.69) is 23.7 Å². The Morgan fingerprint density at radius 1 is 1.43 bits per heavy atom. The summed E-state index contributed by atoms with van der Waals surface area (Å²) in [6.45, 7) is 2.04. The topological polar surface area (TPSA) is 53.4 Å². The summed E-state index contributed by atoms with van der Waals surface area (Å²) in [5.41, 5.74) is 0.951. The van der Waals surface area contributed by atoms with Gasteiger partial charge >= 0.3 is 0 Å². The number of nitrogens with zero attached hydrogens (tertiary/aromatic N) is 2. The first-order valence-corrected chi connectivity index (χ1v) is 7.45. The number of hydrogen-bond donors (Lipinski definition) is 1.